The van der Waals surface area contributed by atoms with Crippen LogP contribution < -0.4 is 26.3 Å². The molecule has 51 heavy (non-hydrogen) atoms. The van der Waals surface area contributed by atoms with Crippen molar-refractivity contribution in [1.82, 2.24) is 31.3 Å². The van der Waals surface area contributed by atoms with Crippen molar-refractivity contribution in [3.05, 3.63) is 65.7 Å². The number of alkyl carbamates (subject to hydrolysis) is 2. The predicted molar refractivity (Wildman–Crippen MR) is 196 cm³/mol. The molecule has 0 spiro atoms. The van der Waals surface area contributed by atoms with E-state index < -0.39 is 53.6 Å². The second kappa shape index (κ2) is 19.3. The van der Waals surface area contributed by atoms with Gasteiger partial charge >= 0.3 is 12.2 Å². The Hall–Kier alpha value is -4.40. The van der Waals surface area contributed by atoms with Crippen molar-refractivity contribution in [2.45, 2.75) is 71.8 Å². The molecule has 4 atom stereocenters. The van der Waals surface area contributed by atoms with Crippen LogP contribution in [0.3, 0.4) is 0 Å². The number of aliphatic hydroxyl groups is 1. The number of rotatable bonds is 15. The molecule has 14 heteroatoms. The Morgan fingerprint density at radius 1 is 0.824 bits per heavy atom. The molecule has 0 aromatic heterocycles. The molecular weight excluding hydrogens is 654 g/mol. The Bertz CT molecular complexity index is 1410. The van der Waals surface area contributed by atoms with Crippen LogP contribution in [0.4, 0.5) is 15.3 Å². The van der Waals surface area contributed by atoms with Gasteiger partial charge in [0.15, 0.2) is 0 Å². The lowest BCUT2D eigenvalue weighted by Gasteiger charge is -2.35. The Morgan fingerprint density at radius 2 is 1.41 bits per heavy atom. The number of carbonyl (C=O) groups excluding carboxylic acids is 4. The molecule has 1 aliphatic heterocycles. The summed E-state index contributed by atoms with van der Waals surface area (Å²) in [4.78, 5) is 56.3. The van der Waals surface area contributed by atoms with Gasteiger partial charge in [-0.1, -0.05) is 77.1 Å². The number of hydrogen-bond acceptors (Lipinski definition) is 10. The van der Waals surface area contributed by atoms with Crippen LogP contribution in [0, 0.1) is 11.3 Å². The zero-order valence-corrected chi connectivity index (χ0v) is 31.3. The van der Waals surface area contributed by atoms with E-state index in [0.717, 1.165) is 43.0 Å². The van der Waals surface area contributed by atoms with Gasteiger partial charge in [0.1, 0.15) is 12.1 Å². The highest BCUT2D eigenvalue weighted by Crippen LogP contribution is 2.21. The highest BCUT2D eigenvalue weighted by molar-refractivity contribution is 5.86. The molecule has 14 nitrogen and oxygen atoms in total. The zero-order chi connectivity index (χ0) is 37.7. The van der Waals surface area contributed by atoms with Crippen molar-refractivity contribution in [3.63, 3.8) is 0 Å². The third-order valence-electron chi connectivity index (χ3n) is 8.93. The lowest BCUT2D eigenvalue weighted by atomic mass is 9.86. The lowest BCUT2D eigenvalue weighted by molar-refractivity contribution is -0.132. The summed E-state index contributed by atoms with van der Waals surface area (Å²) in [6, 6.07) is 14.8. The zero-order valence-electron chi connectivity index (χ0n) is 31.3. The second-order valence-electron chi connectivity index (χ2n) is 14.5. The van der Waals surface area contributed by atoms with Crippen LogP contribution in [0.2, 0.25) is 0 Å². The van der Waals surface area contributed by atoms with Gasteiger partial charge in [-0.2, -0.15) is 0 Å². The fourth-order valence-corrected chi connectivity index (χ4v) is 5.82. The second-order valence-corrected chi connectivity index (χ2v) is 14.5. The number of benzene rings is 2. The molecule has 1 aliphatic rings. The van der Waals surface area contributed by atoms with E-state index in [1.165, 1.54) is 14.2 Å². The average molecular weight is 712 g/mol. The molecule has 282 valence electrons. The molecule has 2 aromatic carbocycles. The minimum Gasteiger partial charge on any atom is -0.453 e. The van der Waals surface area contributed by atoms with Gasteiger partial charge in [-0.25, -0.2) is 14.6 Å². The van der Waals surface area contributed by atoms with Crippen LogP contribution in [-0.4, -0.2) is 117 Å². The summed E-state index contributed by atoms with van der Waals surface area (Å²) in [7, 11) is 4.56. The fraction of sp³-hybridized carbons (Fsp3) is 0.568. The van der Waals surface area contributed by atoms with Crippen LogP contribution in [0.25, 0.3) is 0 Å². The van der Waals surface area contributed by atoms with Gasteiger partial charge in [-0.15, -0.1) is 0 Å². The maximum Gasteiger partial charge on any atom is 0.407 e. The third kappa shape index (κ3) is 13.0. The number of hydrazine groups is 1. The maximum atomic E-state index is 13.8. The summed E-state index contributed by atoms with van der Waals surface area (Å²) in [6.45, 7) is 13.0. The van der Waals surface area contributed by atoms with Gasteiger partial charge in [0.2, 0.25) is 5.91 Å². The first kappa shape index (κ1) is 41.0. The molecule has 1 heterocycles. The normalized spacial score (nSPS) is 16.1. The van der Waals surface area contributed by atoms with Crippen molar-refractivity contribution in [2.75, 3.05) is 58.9 Å². The first-order valence-electron chi connectivity index (χ1n) is 17.4. The molecule has 0 bridgehead atoms. The summed E-state index contributed by atoms with van der Waals surface area (Å²) in [5.74, 6) is -1.26. The van der Waals surface area contributed by atoms with E-state index in [4.69, 9.17) is 9.47 Å². The topological polar surface area (TPSA) is 165 Å². The maximum absolute atomic E-state index is 13.8. The number of nitrogens with zero attached hydrogens (tertiary/aromatic N) is 3. The largest absolute Gasteiger partial charge is 0.453 e. The average Bonchev–Trinajstić information content (AvgIpc) is 3.09. The van der Waals surface area contributed by atoms with Crippen LogP contribution in [-0.2, 0) is 32.0 Å². The molecule has 4 amide bonds. The van der Waals surface area contributed by atoms with Crippen LogP contribution >= 0.6 is 0 Å². The number of piperazine rings is 1. The minimum absolute atomic E-state index is 0.0877. The number of hydrogen-bond donors (Lipinski definition) is 5. The van der Waals surface area contributed by atoms with E-state index >= 15 is 0 Å². The Labute approximate surface area is 302 Å². The van der Waals surface area contributed by atoms with Crippen molar-refractivity contribution >= 4 is 29.7 Å². The molecule has 0 aliphatic carbocycles. The molecule has 5 N–H and O–H groups in total. The molecule has 1 saturated heterocycles. The number of likely N-dealkylation sites (N-methyl/N-ethyl adjacent to an activating group) is 1. The molecule has 1 fully saturated rings. The van der Waals surface area contributed by atoms with Crippen molar-refractivity contribution in [2.24, 2.45) is 11.3 Å². The van der Waals surface area contributed by atoms with Crippen molar-refractivity contribution < 1.29 is 33.8 Å². The Balaban J connectivity index is 1.91. The van der Waals surface area contributed by atoms with E-state index in [1.54, 1.807) is 18.9 Å². The van der Waals surface area contributed by atoms with Crippen molar-refractivity contribution in [3.8, 4) is 0 Å². The molecule has 2 aromatic rings. The van der Waals surface area contributed by atoms with E-state index in [9.17, 15) is 24.3 Å². The van der Waals surface area contributed by atoms with Gasteiger partial charge in [-0.05, 0) is 48.1 Å². The summed E-state index contributed by atoms with van der Waals surface area (Å²) < 4.78 is 9.52. The lowest BCUT2D eigenvalue weighted by Crippen LogP contribution is -2.60. The van der Waals surface area contributed by atoms with Gasteiger partial charge < -0.3 is 40.3 Å². The smallest absolute Gasteiger partial charge is 0.407 e. The Kier molecular flexibility index (Phi) is 15.5. The van der Waals surface area contributed by atoms with E-state index in [-0.39, 0.29) is 25.4 Å². The predicted octanol–water partition coefficient (Wildman–Crippen LogP) is 2.51. The summed E-state index contributed by atoms with van der Waals surface area (Å²) in [6.07, 6.45) is -2.41. The SMILES string of the molecule is COC(=O)N[C@H](C(=O)N[C@@H](Cc1ccccc1)[C@@H](O)CN(Cc1ccc(N2CCN(C)CC2)cc1)NC(=O)[C@@H](NC(=O)OC)C(C)(C)C)C(C)C. The van der Waals surface area contributed by atoms with Crippen LogP contribution in [0.15, 0.2) is 54.6 Å². The standard InChI is InChI=1S/C37H57N7O7/c1-25(2)31(39-35(48)50-7)33(46)38-29(22-26-12-10-9-11-13-26)30(45)24-44(41-34(47)32(37(3,4)5)40-36(49)51-8)23-27-14-16-28(17-15-27)43-20-18-42(6)19-21-43/h9-17,25,29-32,45H,18-24H2,1-8H3,(H,38,46)(H,39,48)(H,40,49)(H,41,47)/t29-,30-,31-,32+/m0/s1. The quantitative estimate of drug-likeness (QED) is 0.174. The van der Waals surface area contributed by atoms with Gasteiger partial charge in [-0.3, -0.25) is 15.0 Å². The summed E-state index contributed by atoms with van der Waals surface area (Å²) >= 11 is 0. The van der Waals surface area contributed by atoms with Crippen LogP contribution in [0.1, 0.15) is 45.7 Å². The number of amides is 4. The molecule has 0 saturated carbocycles. The summed E-state index contributed by atoms with van der Waals surface area (Å²) in [5, 5.41) is 21.6. The highest BCUT2D eigenvalue weighted by Gasteiger charge is 2.35. The Morgan fingerprint density at radius 3 is 1.96 bits per heavy atom. The number of aliphatic hydroxyl groups excluding tert-OH is 1. The van der Waals surface area contributed by atoms with E-state index in [0.29, 0.717) is 0 Å². The number of nitrogens with one attached hydrogen (secondary N) is 4. The van der Waals surface area contributed by atoms with E-state index in [2.05, 4.69) is 38.2 Å². The number of carbonyl (C=O) groups is 4. The van der Waals surface area contributed by atoms with Crippen LogP contribution in [0.5, 0.6) is 0 Å². The molecule has 3 rings (SSSR count). The van der Waals surface area contributed by atoms with E-state index in [1.807, 2.05) is 75.4 Å². The third-order valence-corrected chi connectivity index (χ3v) is 8.93. The minimum atomic E-state index is -1.19. The molecule has 0 unspecified atom stereocenters. The number of ether oxygens (including phenoxy) is 2. The van der Waals surface area contributed by atoms with Gasteiger partial charge in [0.25, 0.3) is 5.91 Å². The fourth-order valence-electron chi connectivity index (χ4n) is 5.82. The monoisotopic (exact) mass is 711 g/mol. The first-order chi connectivity index (χ1) is 24.1. The highest BCUT2D eigenvalue weighted by atomic mass is 16.5. The first-order valence-corrected chi connectivity index (χ1v) is 17.4. The molecular formula is C37H57N7O7. The number of methoxy groups -OCH3 is 2. The summed E-state index contributed by atoms with van der Waals surface area (Å²) in [5.41, 5.74) is 5.08. The van der Waals surface area contributed by atoms with Gasteiger partial charge in [0, 0.05) is 45.0 Å². The number of anilines is 1. The van der Waals surface area contributed by atoms with Crippen molar-refractivity contribution in [1.29, 1.82) is 0 Å². The molecule has 0 radical (unpaired) electrons. The van der Waals surface area contributed by atoms with Gasteiger partial charge in [0.05, 0.1) is 26.4 Å².